The van der Waals surface area contributed by atoms with Crippen LogP contribution in [-0.4, -0.2) is 33.4 Å². The summed E-state index contributed by atoms with van der Waals surface area (Å²) in [5.41, 5.74) is 3.90. The maximum absolute atomic E-state index is 3.54. The van der Waals surface area contributed by atoms with Gasteiger partial charge < -0.3 is 0 Å². The SMILES string of the molecule is C=C[SiH2]C=C.[Sn]. The number of hydrogen-bond donors (Lipinski definition) is 0. The standard InChI is InChI=1S/C4H8Si.Sn/c1-3-5-4-2;/h3-4H,1-2,5H2;. The third kappa shape index (κ3) is 8.82. The molecule has 0 aromatic carbocycles. The summed E-state index contributed by atoms with van der Waals surface area (Å²) in [6, 6.07) is 0. The van der Waals surface area contributed by atoms with Gasteiger partial charge in [-0.2, -0.15) is 0 Å². The summed E-state index contributed by atoms with van der Waals surface area (Å²) >= 11 is 0. The minimum atomic E-state index is -0.0401. The molecule has 0 aliphatic heterocycles. The minimum absolute atomic E-state index is 0. The van der Waals surface area contributed by atoms with E-state index in [9.17, 15) is 0 Å². The molecule has 6 heavy (non-hydrogen) atoms. The molecule has 0 aromatic heterocycles. The fraction of sp³-hybridized carbons (Fsp3) is 0. The van der Waals surface area contributed by atoms with Gasteiger partial charge in [0.1, 0.15) is 0 Å². The van der Waals surface area contributed by atoms with E-state index in [1.165, 1.54) is 0 Å². The summed E-state index contributed by atoms with van der Waals surface area (Å²) in [5.74, 6) is 0. The normalized spacial score (nSPS) is 5.33. The van der Waals surface area contributed by atoms with Crippen LogP contribution in [0.5, 0.6) is 0 Å². The van der Waals surface area contributed by atoms with E-state index in [1.807, 2.05) is 11.4 Å². The zero-order chi connectivity index (χ0) is 4.12. The van der Waals surface area contributed by atoms with Gasteiger partial charge in [0.25, 0.3) is 0 Å². The van der Waals surface area contributed by atoms with Gasteiger partial charge in [-0.05, 0) is 0 Å². The molecule has 2 heteroatoms. The van der Waals surface area contributed by atoms with Gasteiger partial charge in [0.15, 0.2) is 0 Å². The van der Waals surface area contributed by atoms with Crippen LogP contribution in [0.15, 0.2) is 24.6 Å². The van der Waals surface area contributed by atoms with E-state index >= 15 is 0 Å². The molecule has 0 heterocycles. The molecular weight excluding hydrogens is 195 g/mol. The smallest absolute Gasteiger partial charge is 0.0676 e. The van der Waals surface area contributed by atoms with E-state index < -0.39 is 0 Å². The Labute approximate surface area is 58.1 Å². The van der Waals surface area contributed by atoms with E-state index in [0.717, 1.165) is 0 Å². The van der Waals surface area contributed by atoms with E-state index in [1.54, 1.807) is 0 Å². The zero-order valence-corrected chi connectivity index (χ0v) is 8.04. The van der Waals surface area contributed by atoms with Crippen molar-refractivity contribution in [2.75, 3.05) is 0 Å². The van der Waals surface area contributed by atoms with E-state index in [0.29, 0.717) is 0 Å². The first-order valence-corrected chi connectivity index (χ1v) is 3.27. The van der Waals surface area contributed by atoms with Gasteiger partial charge in [-0.15, -0.1) is 24.6 Å². The first kappa shape index (κ1) is 9.71. The molecule has 32 valence electrons. The van der Waals surface area contributed by atoms with Crippen molar-refractivity contribution < 1.29 is 0 Å². The molecule has 0 aromatic rings. The maximum Gasteiger partial charge on any atom is 0.0676 e. The van der Waals surface area contributed by atoms with Crippen LogP contribution < -0.4 is 0 Å². The van der Waals surface area contributed by atoms with Crippen LogP contribution >= 0.6 is 0 Å². The molecule has 0 N–H and O–H groups in total. The molecular formula is C4H8SiSn. The Balaban J connectivity index is 0. The molecule has 0 aliphatic carbocycles. The average molecular weight is 203 g/mol. The third-order valence-electron chi connectivity index (χ3n) is 0.333. The molecule has 0 nitrogen and oxygen atoms in total. The summed E-state index contributed by atoms with van der Waals surface area (Å²) in [7, 11) is -0.0401. The van der Waals surface area contributed by atoms with Crippen molar-refractivity contribution in [1.29, 1.82) is 0 Å². The van der Waals surface area contributed by atoms with Crippen molar-refractivity contribution in [2.24, 2.45) is 0 Å². The zero-order valence-electron chi connectivity index (χ0n) is 3.78. The molecule has 0 fully saturated rings. The van der Waals surface area contributed by atoms with Crippen molar-refractivity contribution in [3.8, 4) is 0 Å². The minimum Gasteiger partial charge on any atom is -0.107 e. The van der Waals surface area contributed by atoms with Crippen molar-refractivity contribution >= 4 is 33.4 Å². The predicted molar refractivity (Wildman–Crippen MR) is 34.7 cm³/mol. The van der Waals surface area contributed by atoms with Gasteiger partial charge in [0, 0.05) is 23.9 Å². The van der Waals surface area contributed by atoms with Crippen LogP contribution in [0.2, 0.25) is 0 Å². The van der Waals surface area contributed by atoms with Crippen molar-refractivity contribution in [3.05, 3.63) is 24.6 Å². The monoisotopic (exact) mass is 204 g/mol. The molecule has 0 saturated carbocycles. The van der Waals surface area contributed by atoms with Crippen LogP contribution in [0.3, 0.4) is 0 Å². The first-order valence-electron chi connectivity index (χ1n) is 1.63. The Hall–Kier alpha value is 0.496. The Morgan fingerprint density at radius 3 is 1.50 bits per heavy atom. The molecule has 0 aliphatic rings. The molecule has 0 spiro atoms. The molecule has 0 unspecified atom stereocenters. The van der Waals surface area contributed by atoms with Crippen LogP contribution in [0.25, 0.3) is 0 Å². The fourth-order valence-corrected chi connectivity index (χ4v) is 0.354. The van der Waals surface area contributed by atoms with Crippen LogP contribution in [0.4, 0.5) is 0 Å². The van der Waals surface area contributed by atoms with Crippen molar-refractivity contribution in [1.82, 2.24) is 0 Å². The van der Waals surface area contributed by atoms with Crippen molar-refractivity contribution in [2.45, 2.75) is 0 Å². The second kappa shape index (κ2) is 9.09. The molecule has 0 saturated heterocycles. The quantitative estimate of drug-likeness (QED) is 0.556. The Bertz CT molecular complexity index is 36.8. The van der Waals surface area contributed by atoms with E-state index in [2.05, 4.69) is 13.2 Å². The molecule has 0 rings (SSSR count). The maximum atomic E-state index is 3.54. The van der Waals surface area contributed by atoms with Crippen LogP contribution in [-0.2, 0) is 0 Å². The van der Waals surface area contributed by atoms with Gasteiger partial charge in [-0.1, -0.05) is 0 Å². The van der Waals surface area contributed by atoms with E-state index in [-0.39, 0.29) is 33.4 Å². The van der Waals surface area contributed by atoms with Gasteiger partial charge >= 0.3 is 0 Å². The van der Waals surface area contributed by atoms with Gasteiger partial charge in [-0.3, -0.25) is 0 Å². The molecule has 0 bridgehead atoms. The summed E-state index contributed by atoms with van der Waals surface area (Å²) in [4.78, 5) is 0. The van der Waals surface area contributed by atoms with Crippen molar-refractivity contribution in [3.63, 3.8) is 0 Å². The van der Waals surface area contributed by atoms with Gasteiger partial charge in [0.2, 0.25) is 0 Å². The van der Waals surface area contributed by atoms with Gasteiger partial charge in [-0.25, -0.2) is 0 Å². The predicted octanol–water partition coefficient (Wildman–Crippen LogP) is 0.0614. The Kier molecular flexibility index (Phi) is 14.7. The average Bonchev–Trinajstić information content (AvgIpc) is 1.41. The summed E-state index contributed by atoms with van der Waals surface area (Å²) in [6.45, 7) is 7.08. The first-order chi connectivity index (χ1) is 2.41. The Morgan fingerprint density at radius 1 is 1.17 bits per heavy atom. The van der Waals surface area contributed by atoms with Crippen LogP contribution in [0.1, 0.15) is 0 Å². The largest absolute Gasteiger partial charge is 0.107 e. The van der Waals surface area contributed by atoms with Crippen LogP contribution in [0, 0.1) is 0 Å². The number of rotatable bonds is 2. The molecule has 4 radical (unpaired) electrons. The third-order valence-corrected chi connectivity index (χ3v) is 1.00. The Morgan fingerprint density at radius 2 is 1.50 bits per heavy atom. The molecule has 0 amide bonds. The summed E-state index contributed by atoms with van der Waals surface area (Å²) < 4.78 is 0. The summed E-state index contributed by atoms with van der Waals surface area (Å²) in [6.07, 6.45) is 0. The molecule has 0 atom stereocenters. The second-order valence-electron chi connectivity index (χ2n) is 0.813. The fourth-order valence-electron chi connectivity index (χ4n) is 0.118. The summed E-state index contributed by atoms with van der Waals surface area (Å²) in [5, 5.41) is 0. The second-order valence-corrected chi connectivity index (χ2v) is 2.44. The van der Waals surface area contributed by atoms with Gasteiger partial charge in [0.05, 0.1) is 9.52 Å². The topological polar surface area (TPSA) is 0 Å². The van der Waals surface area contributed by atoms with E-state index in [4.69, 9.17) is 0 Å². The number of hydrogen-bond acceptors (Lipinski definition) is 0.